The van der Waals surface area contributed by atoms with Crippen molar-refractivity contribution in [2.45, 2.75) is 6.04 Å². The minimum atomic E-state index is -0.303. The lowest BCUT2D eigenvalue weighted by Gasteiger charge is -2.09. The molecular weight excluding hydrogens is 164 g/mol. The Morgan fingerprint density at radius 2 is 2.23 bits per heavy atom. The number of nitrogens with two attached hydrogens (primary N) is 1. The van der Waals surface area contributed by atoms with Gasteiger partial charge in [-0.15, -0.1) is 0 Å². The van der Waals surface area contributed by atoms with Crippen LogP contribution >= 0.6 is 0 Å². The molecule has 3 heteroatoms. The molecule has 3 nitrogen and oxygen atoms in total. The third-order valence-corrected chi connectivity index (χ3v) is 2.22. The fraction of sp³-hybridized carbons (Fsp3) is 0.200. The molecule has 0 aliphatic rings. The van der Waals surface area contributed by atoms with Crippen LogP contribution in [0.25, 0.3) is 10.9 Å². The number of aromatic nitrogens is 1. The number of para-hydroxylation sites is 1. The molecule has 1 atom stereocenters. The normalized spacial score (nSPS) is 13.4. The average molecular weight is 176 g/mol. The van der Waals surface area contributed by atoms with Gasteiger partial charge in [0, 0.05) is 6.20 Å². The summed E-state index contributed by atoms with van der Waals surface area (Å²) in [5.41, 5.74) is 7.73. The van der Waals surface area contributed by atoms with Gasteiger partial charge in [-0.1, -0.05) is 18.2 Å². The van der Waals surface area contributed by atoms with Crippen molar-refractivity contribution in [3.63, 3.8) is 0 Å². The molecule has 1 heterocycles. The van der Waals surface area contributed by atoms with Gasteiger partial charge in [0.25, 0.3) is 0 Å². The zero-order valence-electron chi connectivity index (χ0n) is 7.20. The highest BCUT2D eigenvalue weighted by atomic mass is 16.3. The van der Waals surface area contributed by atoms with Gasteiger partial charge in [-0.3, -0.25) is 0 Å². The molecule has 1 aromatic carbocycles. The second kappa shape index (κ2) is 3.20. The van der Waals surface area contributed by atoms with Gasteiger partial charge >= 0.3 is 0 Å². The molecule has 1 aromatic heterocycles. The Morgan fingerprint density at radius 1 is 1.38 bits per heavy atom. The Labute approximate surface area is 76.2 Å². The van der Waals surface area contributed by atoms with Crippen molar-refractivity contribution in [3.8, 4) is 0 Å². The summed E-state index contributed by atoms with van der Waals surface area (Å²) in [7, 11) is 0. The number of hydrogen-bond donors (Lipinski definition) is 3. The van der Waals surface area contributed by atoms with E-state index in [2.05, 4.69) is 4.98 Å². The number of rotatable bonds is 2. The predicted molar refractivity (Wildman–Crippen MR) is 52.3 cm³/mol. The first-order chi connectivity index (χ1) is 6.33. The third-order valence-electron chi connectivity index (χ3n) is 2.22. The van der Waals surface area contributed by atoms with E-state index in [4.69, 9.17) is 10.8 Å². The summed E-state index contributed by atoms with van der Waals surface area (Å²) in [6, 6.07) is 7.57. The van der Waals surface area contributed by atoms with E-state index in [0.29, 0.717) is 0 Å². The highest BCUT2D eigenvalue weighted by Gasteiger charge is 2.08. The van der Waals surface area contributed by atoms with Crippen molar-refractivity contribution in [3.05, 3.63) is 36.0 Å². The SMILES string of the molecule is N[C@@H](CO)c1cccc2cc[nH]c12. The number of fused-ring (bicyclic) bond motifs is 1. The zero-order valence-corrected chi connectivity index (χ0v) is 7.20. The van der Waals surface area contributed by atoms with Gasteiger partial charge < -0.3 is 15.8 Å². The largest absolute Gasteiger partial charge is 0.394 e. The van der Waals surface area contributed by atoms with E-state index in [1.807, 2.05) is 30.5 Å². The molecular formula is C10H12N2O. The van der Waals surface area contributed by atoms with Crippen molar-refractivity contribution in [2.75, 3.05) is 6.61 Å². The smallest absolute Gasteiger partial charge is 0.0625 e. The molecule has 0 amide bonds. The number of aliphatic hydroxyl groups excluding tert-OH is 1. The predicted octanol–water partition coefficient (Wildman–Crippen LogP) is 1.16. The maximum absolute atomic E-state index is 8.95. The lowest BCUT2D eigenvalue weighted by molar-refractivity contribution is 0.268. The zero-order chi connectivity index (χ0) is 9.26. The Bertz CT molecular complexity index is 408. The molecule has 4 N–H and O–H groups in total. The summed E-state index contributed by atoms with van der Waals surface area (Å²) in [6.45, 7) is -0.0296. The van der Waals surface area contributed by atoms with Gasteiger partial charge in [-0.25, -0.2) is 0 Å². The summed E-state index contributed by atoms with van der Waals surface area (Å²) < 4.78 is 0. The van der Waals surface area contributed by atoms with Crippen LogP contribution in [0.2, 0.25) is 0 Å². The van der Waals surface area contributed by atoms with Crippen molar-refractivity contribution in [2.24, 2.45) is 5.73 Å². The van der Waals surface area contributed by atoms with Crippen LogP contribution in [-0.2, 0) is 0 Å². The summed E-state index contributed by atoms with van der Waals surface area (Å²) in [5.74, 6) is 0. The minimum absolute atomic E-state index is 0.0296. The number of nitrogens with one attached hydrogen (secondary N) is 1. The van der Waals surface area contributed by atoms with Gasteiger partial charge in [-0.05, 0) is 17.0 Å². The lowest BCUT2D eigenvalue weighted by atomic mass is 10.1. The second-order valence-corrected chi connectivity index (χ2v) is 3.08. The molecule has 0 aliphatic carbocycles. The Morgan fingerprint density at radius 3 is 3.00 bits per heavy atom. The lowest BCUT2D eigenvalue weighted by Crippen LogP contribution is -2.14. The molecule has 68 valence electrons. The summed E-state index contributed by atoms with van der Waals surface area (Å²) >= 11 is 0. The first-order valence-corrected chi connectivity index (χ1v) is 4.25. The fourth-order valence-electron chi connectivity index (χ4n) is 1.52. The Hall–Kier alpha value is -1.32. The van der Waals surface area contributed by atoms with E-state index in [9.17, 15) is 0 Å². The highest BCUT2D eigenvalue weighted by Crippen LogP contribution is 2.21. The second-order valence-electron chi connectivity index (χ2n) is 3.08. The first kappa shape index (κ1) is 8.29. The first-order valence-electron chi connectivity index (χ1n) is 4.25. The van der Waals surface area contributed by atoms with E-state index < -0.39 is 0 Å². The van der Waals surface area contributed by atoms with Gasteiger partial charge in [0.2, 0.25) is 0 Å². The van der Waals surface area contributed by atoms with Gasteiger partial charge in [-0.2, -0.15) is 0 Å². The van der Waals surface area contributed by atoms with Crippen molar-refractivity contribution in [1.29, 1.82) is 0 Å². The van der Waals surface area contributed by atoms with Crippen LogP contribution in [0.1, 0.15) is 11.6 Å². The average Bonchev–Trinajstić information content (AvgIpc) is 2.63. The topological polar surface area (TPSA) is 62.0 Å². The maximum Gasteiger partial charge on any atom is 0.0625 e. The number of hydrogen-bond acceptors (Lipinski definition) is 2. The summed E-state index contributed by atoms with van der Waals surface area (Å²) in [5, 5.41) is 10.1. The van der Waals surface area contributed by atoms with E-state index in [1.54, 1.807) is 0 Å². The molecule has 0 bridgehead atoms. The maximum atomic E-state index is 8.95. The molecule has 0 unspecified atom stereocenters. The van der Waals surface area contributed by atoms with E-state index >= 15 is 0 Å². The summed E-state index contributed by atoms with van der Waals surface area (Å²) in [6.07, 6.45) is 1.87. The number of aromatic amines is 1. The molecule has 13 heavy (non-hydrogen) atoms. The molecule has 0 saturated heterocycles. The summed E-state index contributed by atoms with van der Waals surface area (Å²) in [4.78, 5) is 3.11. The van der Waals surface area contributed by atoms with Crippen molar-refractivity contribution >= 4 is 10.9 Å². The molecule has 0 aliphatic heterocycles. The third kappa shape index (κ3) is 1.32. The van der Waals surface area contributed by atoms with Gasteiger partial charge in [0.1, 0.15) is 0 Å². The molecule has 0 radical (unpaired) electrons. The molecule has 0 fully saturated rings. The standard InChI is InChI=1S/C10H12N2O/c11-9(6-13)8-3-1-2-7-4-5-12-10(7)8/h1-5,9,12-13H,6,11H2/t9-/m0/s1. The van der Waals surface area contributed by atoms with Gasteiger partial charge in [0.05, 0.1) is 18.2 Å². The number of benzene rings is 1. The number of aliphatic hydroxyl groups is 1. The number of H-pyrrole nitrogens is 1. The van der Waals surface area contributed by atoms with Crippen LogP contribution in [0, 0.1) is 0 Å². The minimum Gasteiger partial charge on any atom is -0.394 e. The molecule has 2 aromatic rings. The Balaban J connectivity index is 2.60. The highest BCUT2D eigenvalue weighted by molar-refractivity contribution is 5.82. The Kier molecular flexibility index (Phi) is 2.04. The fourth-order valence-corrected chi connectivity index (χ4v) is 1.52. The van der Waals surface area contributed by atoms with E-state index in [-0.39, 0.29) is 12.6 Å². The molecule has 0 saturated carbocycles. The van der Waals surface area contributed by atoms with Gasteiger partial charge in [0.15, 0.2) is 0 Å². The quantitative estimate of drug-likeness (QED) is 0.643. The van der Waals surface area contributed by atoms with Crippen LogP contribution < -0.4 is 5.73 Å². The molecule has 0 spiro atoms. The van der Waals surface area contributed by atoms with Crippen molar-refractivity contribution < 1.29 is 5.11 Å². The van der Waals surface area contributed by atoms with Crippen LogP contribution in [0.15, 0.2) is 30.5 Å². The van der Waals surface area contributed by atoms with E-state index in [1.165, 1.54) is 0 Å². The monoisotopic (exact) mass is 176 g/mol. The van der Waals surface area contributed by atoms with Crippen molar-refractivity contribution in [1.82, 2.24) is 4.98 Å². The van der Waals surface area contributed by atoms with Crippen LogP contribution in [-0.4, -0.2) is 16.7 Å². The molecule has 2 rings (SSSR count). The van der Waals surface area contributed by atoms with E-state index in [0.717, 1.165) is 16.5 Å². The van der Waals surface area contributed by atoms with Crippen LogP contribution in [0.4, 0.5) is 0 Å². The van der Waals surface area contributed by atoms with Crippen LogP contribution in [0.5, 0.6) is 0 Å². The van der Waals surface area contributed by atoms with Crippen LogP contribution in [0.3, 0.4) is 0 Å².